The van der Waals surface area contributed by atoms with Gasteiger partial charge >= 0.3 is 5.97 Å². The van der Waals surface area contributed by atoms with Crippen LogP contribution in [0.5, 0.6) is 0 Å². The molecule has 6 heteroatoms. The van der Waals surface area contributed by atoms with E-state index in [4.69, 9.17) is 4.74 Å². The smallest absolute Gasteiger partial charge is 0.310 e. The number of ketones is 1. The summed E-state index contributed by atoms with van der Waals surface area (Å²) in [5.74, 6) is -1.05. The summed E-state index contributed by atoms with van der Waals surface area (Å²) in [4.78, 5) is 34.7. The van der Waals surface area contributed by atoms with E-state index < -0.39 is 0 Å². The fraction of sp³-hybridized carbons (Fsp3) is 0.250. The molecule has 26 heavy (non-hydrogen) atoms. The fourth-order valence-electron chi connectivity index (χ4n) is 2.33. The first-order valence-electron chi connectivity index (χ1n) is 8.25. The van der Waals surface area contributed by atoms with Crippen LogP contribution in [-0.4, -0.2) is 24.3 Å². The Morgan fingerprint density at radius 2 is 1.65 bits per heavy atom. The van der Waals surface area contributed by atoms with Crippen LogP contribution in [0, 0.1) is 5.82 Å². The minimum absolute atomic E-state index is 0.116. The zero-order chi connectivity index (χ0) is 18.9. The van der Waals surface area contributed by atoms with Gasteiger partial charge in [-0.25, -0.2) is 4.39 Å². The summed E-state index contributed by atoms with van der Waals surface area (Å²) in [5, 5.41) is 2.65. The maximum Gasteiger partial charge on any atom is 0.310 e. The van der Waals surface area contributed by atoms with Crippen molar-refractivity contribution in [3.8, 4) is 0 Å². The third kappa shape index (κ3) is 6.47. The summed E-state index contributed by atoms with van der Waals surface area (Å²) >= 11 is 0. The predicted octanol–water partition coefficient (Wildman–Crippen LogP) is 3.53. The SMILES string of the molecule is CC(=O)Nc1ccc(CC(=O)OCCCC(=O)c2ccc(F)cc2)cc1. The normalized spacial score (nSPS) is 10.2. The molecule has 0 saturated carbocycles. The maximum atomic E-state index is 12.8. The highest BCUT2D eigenvalue weighted by Gasteiger charge is 2.08. The zero-order valence-electron chi connectivity index (χ0n) is 14.5. The van der Waals surface area contributed by atoms with Gasteiger partial charge in [0.05, 0.1) is 13.0 Å². The molecule has 0 aromatic heterocycles. The van der Waals surface area contributed by atoms with Gasteiger partial charge in [-0.3, -0.25) is 14.4 Å². The Labute approximate surface area is 151 Å². The van der Waals surface area contributed by atoms with Crippen molar-refractivity contribution in [2.45, 2.75) is 26.2 Å². The van der Waals surface area contributed by atoms with E-state index in [9.17, 15) is 18.8 Å². The van der Waals surface area contributed by atoms with Gasteiger partial charge in [0.2, 0.25) is 5.91 Å². The number of ether oxygens (including phenoxy) is 1. The molecule has 2 rings (SSSR count). The fourth-order valence-corrected chi connectivity index (χ4v) is 2.33. The van der Waals surface area contributed by atoms with Crippen LogP contribution in [0.3, 0.4) is 0 Å². The number of esters is 1. The van der Waals surface area contributed by atoms with Crippen LogP contribution in [-0.2, 0) is 20.7 Å². The van der Waals surface area contributed by atoms with Gasteiger partial charge in [-0.05, 0) is 48.4 Å². The molecule has 0 aliphatic heterocycles. The molecule has 2 aromatic rings. The van der Waals surface area contributed by atoms with Gasteiger partial charge in [-0.1, -0.05) is 12.1 Å². The summed E-state index contributed by atoms with van der Waals surface area (Å²) in [5.41, 5.74) is 1.87. The highest BCUT2D eigenvalue weighted by molar-refractivity contribution is 5.96. The third-order valence-corrected chi connectivity index (χ3v) is 3.60. The molecule has 5 nitrogen and oxygen atoms in total. The lowest BCUT2D eigenvalue weighted by Crippen LogP contribution is -2.10. The number of carbonyl (C=O) groups excluding carboxylic acids is 3. The zero-order valence-corrected chi connectivity index (χ0v) is 14.5. The van der Waals surface area contributed by atoms with Gasteiger partial charge < -0.3 is 10.1 Å². The van der Waals surface area contributed by atoms with Crippen molar-refractivity contribution in [2.24, 2.45) is 0 Å². The number of hydrogen-bond donors (Lipinski definition) is 1. The second-order valence-corrected chi connectivity index (χ2v) is 5.81. The van der Waals surface area contributed by atoms with Crippen molar-refractivity contribution >= 4 is 23.3 Å². The molecular weight excluding hydrogens is 337 g/mol. The van der Waals surface area contributed by atoms with Gasteiger partial charge in [-0.2, -0.15) is 0 Å². The molecule has 2 aromatic carbocycles. The van der Waals surface area contributed by atoms with Gasteiger partial charge in [-0.15, -0.1) is 0 Å². The minimum atomic E-state index is -0.388. The summed E-state index contributed by atoms with van der Waals surface area (Å²) in [7, 11) is 0. The number of Topliss-reactive ketones (excluding diaryl/α,β-unsaturated/α-hetero) is 1. The number of anilines is 1. The molecule has 0 aliphatic carbocycles. The van der Waals surface area contributed by atoms with E-state index in [1.807, 2.05) is 0 Å². The molecule has 0 aliphatic rings. The number of rotatable bonds is 8. The van der Waals surface area contributed by atoms with Crippen molar-refractivity contribution in [3.63, 3.8) is 0 Å². The Kier molecular flexibility index (Phi) is 7.02. The Morgan fingerprint density at radius 1 is 1.00 bits per heavy atom. The molecule has 0 heterocycles. The second-order valence-electron chi connectivity index (χ2n) is 5.81. The average Bonchev–Trinajstić information content (AvgIpc) is 2.60. The lowest BCUT2D eigenvalue weighted by molar-refractivity contribution is -0.142. The van der Waals surface area contributed by atoms with Crippen LogP contribution in [0.1, 0.15) is 35.7 Å². The Bertz CT molecular complexity index is 769. The molecule has 0 bridgehead atoms. The lowest BCUT2D eigenvalue weighted by Gasteiger charge is -2.06. The van der Waals surface area contributed by atoms with Crippen LogP contribution in [0.4, 0.5) is 10.1 Å². The van der Waals surface area contributed by atoms with Gasteiger partial charge in [0.15, 0.2) is 5.78 Å². The van der Waals surface area contributed by atoms with Crippen molar-refractivity contribution in [3.05, 3.63) is 65.5 Å². The molecule has 0 fully saturated rings. The molecule has 1 N–H and O–H groups in total. The number of nitrogens with one attached hydrogen (secondary N) is 1. The van der Waals surface area contributed by atoms with Crippen molar-refractivity contribution in [1.82, 2.24) is 0 Å². The van der Waals surface area contributed by atoms with Crippen molar-refractivity contribution < 1.29 is 23.5 Å². The molecule has 1 amide bonds. The van der Waals surface area contributed by atoms with E-state index in [1.54, 1.807) is 24.3 Å². The molecule has 0 radical (unpaired) electrons. The van der Waals surface area contributed by atoms with E-state index >= 15 is 0 Å². The van der Waals surface area contributed by atoms with Gasteiger partial charge in [0.1, 0.15) is 5.82 Å². The largest absolute Gasteiger partial charge is 0.465 e. The quantitative estimate of drug-likeness (QED) is 0.446. The van der Waals surface area contributed by atoms with Gasteiger partial charge in [0.25, 0.3) is 0 Å². The van der Waals surface area contributed by atoms with Crippen LogP contribution in [0.25, 0.3) is 0 Å². The van der Waals surface area contributed by atoms with Crippen molar-refractivity contribution in [2.75, 3.05) is 11.9 Å². The van der Waals surface area contributed by atoms with Crippen LogP contribution >= 0.6 is 0 Å². The highest BCUT2D eigenvalue weighted by Crippen LogP contribution is 2.11. The monoisotopic (exact) mass is 357 g/mol. The summed E-state index contributed by atoms with van der Waals surface area (Å²) in [6.45, 7) is 1.57. The van der Waals surface area contributed by atoms with E-state index in [0.29, 0.717) is 17.7 Å². The molecule has 0 spiro atoms. The minimum Gasteiger partial charge on any atom is -0.465 e. The van der Waals surface area contributed by atoms with E-state index in [-0.39, 0.29) is 42.9 Å². The number of hydrogen-bond acceptors (Lipinski definition) is 4. The summed E-state index contributed by atoms with van der Waals surface area (Å²) in [6, 6.07) is 12.3. The average molecular weight is 357 g/mol. The third-order valence-electron chi connectivity index (χ3n) is 3.60. The van der Waals surface area contributed by atoms with Crippen LogP contribution < -0.4 is 5.32 Å². The van der Waals surface area contributed by atoms with Crippen LogP contribution in [0.2, 0.25) is 0 Å². The summed E-state index contributed by atoms with van der Waals surface area (Å²) in [6.07, 6.45) is 0.750. The van der Waals surface area contributed by atoms with E-state index in [2.05, 4.69) is 5.32 Å². The highest BCUT2D eigenvalue weighted by atomic mass is 19.1. The van der Waals surface area contributed by atoms with Crippen molar-refractivity contribution in [1.29, 1.82) is 0 Å². The standard InChI is InChI=1S/C20H20FNO4/c1-14(23)22-18-10-4-15(5-11-18)13-20(25)26-12-2-3-19(24)16-6-8-17(21)9-7-16/h4-11H,2-3,12-13H2,1H3,(H,22,23). The first-order valence-corrected chi connectivity index (χ1v) is 8.25. The van der Waals surface area contributed by atoms with Crippen LogP contribution in [0.15, 0.2) is 48.5 Å². The first kappa shape index (κ1) is 19.3. The topological polar surface area (TPSA) is 72.5 Å². The Balaban J connectivity index is 1.69. The van der Waals surface area contributed by atoms with Gasteiger partial charge in [0, 0.05) is 24.6 Å². The number of halogens is 1. The Hall–Kier alpha value is -3.02. The van der Waals surface area contributed by atoms with E-state index in [1.165, 1.54) is 31.2 Å². The molecule has 0 saturated heterocycles. The van der Waals surface area contributed by atoms with E-state index in [0.717, 1.165) is 5.56 Å². The Morgan fingerprint density at radius 3 is 2.27 bits per heavy atom. The molecule has 0 unspecified atom stereocenters. The summed E-state index contributed by atoms with van der Waals surface area (Å²) < 4.78 is 17.9. The first-order chi connectivity index (χ1) is 12.4. The maximum absolute atomic E-state index is 12.8. The molecular formula is C20H20FNO4. The lowest BCUT2D eigenvalue weighted by atomic mass is 10.1. The number of carbonyl (C=O) groups is 3. The second kappa shape index (κ2) is 9.46. The predicted molar refractivity (Wildman–Crippen MR) is 95.4 cm³/mol. The number of benzene rings is 2. The molecule has 0 atom stereocenters. The molecule has 136 valence electrons. The number of amides is 1.